The second-order valence-corrected chi connectivity index (χ2v) is 5.55. The molecule has 0 aliphatic rings. The predicted octanol–water partition coefficient (Wildman–Crippen LogP) is 0.451. The van der Waals surface area contributed by atoms with Crippen molar-refractivity contribution in [1.82, 2.24) is 19.2 Å². The summed E-state index contributed by atoms with van der Waals surface area (Å²) in [6.45, 7) is 1.58. The number of aliphatic carboxylic acids is 1. The average molecular weight is 275 g/mol. The smallest absolute Gasteiger partial charge is 0.236 e. The molecule has 19 heavy (non-hydrogen) atoms. The van der Waals surface area contributed by atoms with Crippen molar-refractivity contribution in [3.63, 3.8) is 0 Å². The van der Waals surface area contributed by atoms with Gasteiger partial charge in [0.1, 0.15) is 0 Å². The van der Waals surface area contributed by atoms with Gasteiger partial charge in [0.15, 0.2) is 5.16 Å². The van der Waals surface area contributed by atoms with Gasteiger partial charge in [-0.05, 0) is 19.1 Å². The van der Waals surface area contributed by atoms with Crippen LogP contribution in [0.1, 0.15) is 6.92 Å². The van der Waals surface area contributed by atoms with Crippen LogP contribution < -0.4 is 5.11 Å². The molecule has 0 spiro atoms. The van der Waals surface area contributed by atoms with Crippen LogP contribution in [-0.4, -0.2) is 30.4 Å². The third-order valence-corrected chi connectivity index (χ3v) is 4.04. The zero-order chi connectivity index (χ0) is 13.6. The van der Waals surface area contributed by atoms with Crippen LogP contribution in [0.5, 0.6) is 0 Å². The number of rotatable bonds is 3. The van der Waals surface area contributed by atoms with E-state index in [0.717, 1.165) is 22.8 Å². The molecule has 2 aromatic heterocycles. The van der Waals surface area contributed by atoms with E-state index in [0.29, 0.717) is 10.9 Å². The number of carbonyl (C=O) groups excluding carboxylic acids is 1. The Hall–Kier alpha value is -2.02. The molecule has 1 atom stereocenters. The van der Waals surface area contributed by atoms with Crippen molar-refractivity contribution in [2.24, 2.45) is 7.05 Å². The molecule has 0 aliphatic carbocycles. The largest absolute Gasteiger partial charge is 0.549 e. The first-order valence-corrected chi connectivity index (χ1v) is 6.63. The van der Waals surface area contributed by atoms with Crippen LogP contribution in [0.2, 0.25) is 0 Å². The van der Waals surface area contributed by atoms with Crippen LogP contribution in [0.4, 0.5) is 0 Å². The second-order valence-electron chi connectivity index (χ2n) is 4.24. The molecule has 7 heteroatoms. The van der Waals surface area contributed by atoms with E-state index in [2.05, 4.69) is 10.2 Å². The molecule has 0 bridgehead atoms. The normalized spacial score (nSPS) is 13.2. The lowest BCUT2D eigenvalue weighted by atomic mass is 10.3. The van der Waals surface area contributed by atoms with Crippen molar-refractivity contribution in [2.75, 3.05) is 0 Å². The number of imidazole rings is 1. The van der Waals surface area contributed by atoms with Crippen LogP contribution in [-0.2, 0) is 11.8 Å². The minimum atomic E-state index is -1.11. The van der Waals surface area contributed by atoms with Gasteiger partial charge < -0.3 is 14.5 Å². The molecule has 0 aliphatic heterocycles. The molecule has 6 nitrogen and oxygen atoms in total. The molecule has 0 N–H and O–H groups in total. The van der Waals surface area contributed by atoms with E-state index in [1.165, 1.54) is 0 Å². The first kappa shape index (κ1) is 12.0. The van der Waals surface area contributed by atoms with E-state index in [1.54, 1.807) is 6.92 Å². The Morgan fingerprint density at radius 1 is 1.32 bits per heavy atom. The quantitative estimate of drug-likeness (QED) is 0.649. The molecular weight excluding hydrogens is 264 g/mol. The second kappa shape index (κ2) is 4.27. The average Bonchev–Trinajstić information content (AvgIpc) is 2.92. The molecule has 0 radical (unpaired) electrons. The number of fused-ring (bicyclic) bond motifs is 3. The van der Waals surface area contributed by atoms with Crippen LogP contribution >= 0.6 is 11.8 Å². The number of carbonyl (C=O) groups is 1. The van der Waals surface area contributed by atoms with Gasteiger partial charge in [-0.25, -0.2) is 0 Å². The van der Waals surface area contributed by atoms with Gasteiger partial charge in [-0.1, -0.05) is 23.9 Å². The summed E-state index contributed by atoms with van der Waals surface area (Å²) in [4.78, 5) is 10.8. The summed E-state index contributed by atoms with van der Waals surface area (Å²) in [6, 6.07) is 7.82. The maximum absolute atomic E-state index is 10.8. The minimum Gasteiger partial charge on any atom is -0.549 e. The molecule has 0 unspecified atom stereocenters. The molecule has 3 aromatic rings. The number of carboxylic acids is 1. The highest BCUT2D eigenvalue weighted by Gasteiger charge is 2.17. The van der Waals surface area contributed by atoms with E-state index in [1.807, 2.05) is 40.3 Å². The third-order valence-electron chi connectivity index (χ3n) is 3.01. The van der Waals surface area contributed by atoms with Crippen molar-refractivity contribution in [3.8, 4) is 0 Å². The van der Waals surface area contributed by atoms with Gasteiger partial charge in [-0.3, -0.25) is 4.40 Å². The number of nitrogens with zero attached hydrogens (tertiary/aromatic N) is 4. The lowest BCUT2D eigenvalue weighted by Crippen LogP contribution is -2.31. The molecule has 1 aromatic carbocycles. The topological polar surface area (TPSA) is 75.2 Å². The molecule has 3 rings (SSSR count). The fraction of sp³-hybridized carbons (Fsp3) is 0.250. The van der Waals surface area contributed by atoms with Crippen molar-refractivity contribution in [1.29, 1.82) is 0 Å². The van der Waals surface area contributed by atoms with E-state index in [9.17, 15) is 9.90 Å². The summed E-state index contributed by atoms with van der Waals surface area (Å²) in [7, 11) is 1.91. The monoisotopic (exact) mass is 275 g/mol. The number of carboxylic acid groups (broad SMARTS) is 1. The van der Waals surface area contributed by atoms with Gasteiger partial charge >= 0.3 is 0 Å². The molecule has 2 heterocycles. The van der Waals surface area contributed by atoms with Crippen LogP contribution in [0, 0.1) is 0 Å². The Morgan fingerprint density at radius 3 is 2.68 bits per heavy atom. The highest BCUT2D eigenvalue weighted by molar-refractivity contribution is 8.00. The Morgan fingerprint density at radius 2 is 2.00 bits per heavy atom. The van der Waals surface area contributed by atoms with Crippen molar-refractivity contribution in [2.45, 2.75) is 17.3 Å². The van der Waals surface area contributed by atoms with Crippen molar-refractivity contribution < 1.29 is 9.90 Å². The lowest BCUT2D eigenvalue weighted by Gasteiger charge is -2.09. The van der Waals surface area contributed by atoms with Crippen molar-refractivity contribution in [3.05, 3.63) is 24.3 Å². The fourth-order valence-corrected chi connectivity index (χ4v) is 2.80. The Kier molecular flexibility index (Phi) is 2.70. The summed E-state index contributed by atoms with van der Waals surface area (Å²) in [5.74, 6) is -0.420. The predicted molar refractivity (Wildman–Crippen MR) is 69.8 cm³/mol. The summed E-state index contributed by atoms with van der Waals surface area (Å²) in [5.41, 5.74) is 1.98. The summed E-state index contributed by atoms with van der Waals surface area (Å²) in [5, 5.41) is 18.9. The van der Waals surface area contributed by atoms with Gasteiger partial charge in [0, 0.05) is 12.3 Å². The number of hydrogen-bond donors (Lipinski definition) is 0. The van der Waals surface area contributed by atoms with Gasteiger partial charge in [0.2, 0.25) is 5.78 Å². The summed E-state index contributed by atoms with van der Waals surface area (Å²) >= 11 is 1.13. The van der Waals surface area contributed by atoms with E-state index in [4.69, 9.17) is 0 Å². The van der Waals surface area contributed by atoms with Gasteiger partial charge in [0.05, 0.1) is 17.0 Å². The number of benzene rings is 1. The molecule has 0 saturated heterocycles. The first-order chi connectivity index (χ1) is 9.09. The summed E-state index contributed by atoms with van der Waals surface area (Å²) < 4.78 is 3.79. The zero-order valence-electron chi connectivity index (χ0n) is 10.4. The number of thioether (sulfide) groups is 1. The Labute approximate surface area is 113 Å². The third kappa shape index (κ3) is 1.77. The van der Waals surface area contributed by atoms with Crippen LogP contribution in [0.15, 0.2) is 29.4 Å². The number of hydrogen-bond acceptors (Lipinski definition) is 5. The van der Waals surface area contributed by atoms with Gasteiger partial charge in [0.25, 0.3) is 0 Å². The molecular formula is C12H11N4O2S-. The highest BCUT2D eigenvalue weighted by atomic mass is 32.2. The number of aromatic nitrogens is 4. The maximum atomic E-state index is 10.8. The molecule has 98 valence electrons. The minimum absolute atomic E-state index is 0.559. The lowest BCUT2D eigenvalue weighted by molar-refractivity contribution is -0.304. The Balaban J connectivity index is 2.22. The standard InChI is InChI=1S/C12H12N4O2S/c1-7(10(17)18)19-12-14-13-11-15(2)8-5-3-4-6-9(8)16(11)12/h3-7H,1-2H3,(H,17,18)/p-1/t7-/m0/s1. The first-order valence-electron chi connectivity index (χ1n) is 5.75. The SMILES string of the molecule is C[C@H](Sc1nnc2n(C)c3ccccc3n12)C(=O)[O-]. The van der Waals surface area contributed by atoms with E-state index < -0.39 is 11.2 Å². The van der Waals surface area contributed by atoms with Gasteiger partial charge in [-0.15, -0.1) is 10.2 Å². The van der Waals surface area contributed by atoms with E-state index in [-0.39, 0.29) is 0 Å². The van der Waals surface area contributed by atoms with Gasteiger partial charge in [-0.2, -0.15) is 0 Å². The van der Waals surface area contributed by atoms with Crippen LogP contribution in [0.3, 0.4) is 0 Å². The van der Waals surface area contributed by atoms with Crippen molar-refractivity contribution >= 4 is 34.5 Å². The van der Waals surface area contributed by atoms with E-state index >= 15 is 0 Å². The fourth-order valence-electron chi connectivity index (χ4n) is 2.02. The number of aryl methyl sites for hydroxylation is 1. The highest BCUT2D eigenvalue weighted by Crippen LogP contribution is 2.26. The Bertz CT molecular complexity index is 777. The molecule has 0 amide bonds. The van der Waals surface area contributed by atoms with Crippen LogP contribution in [0.25, 0.3) is 16.8 Å². The molecule has 0 saturated carbocycles. The molecule has 0 fully saturated rings. The maximum Gasteiger partial charge on any atom is 0.236 e. The summed E-state index contributed by atoms with van der Waals surface area (Å²) in [6.07, 6.45) is 0. The zero-order valence-corrected chi connectivity index (χ0v) is 11.2. The number of para-hydroxylation sites is 2.